The monoisotopic (exact) mass is 411 g/mol. The molecule has 0 saturated heterocycles. The zero-order valence-corrected chi connectivity index (χ0v) is 15.5. The summed E-state index contributed by atoms with van der Waals surface area (Å²) < 4.78 is 24.9. The van der Waals surface area contributed by atoms with Gasteiger partial charge in [-0.2, -0.15) is 4.98 Å². The van der Waals surface area contributed by atoms with Gasteiger partial charge >= 0.3 is 0 Å². The zero-order valence-electron chi connectivity index (χ0n) is 14.0. The summed E-state index contributed by atoms with van der Waals surface area (Å²) in [6.45, 7) is 3.59. The minimum atomic E-state index is -0.534. The molecule has 1 unspecified atom stereocenters. The molecule has 25 heavy (non-hydrogen) atoms. The largest absolute Gasteiger partial charge is 0.481 e. The maximum absolute atomic E-state index is 13.7. The molecule has 1 aliphatic rings. The molecule has 1 amide bonds. The SMILES string of the molecule is CC(C)C(NC(=O)COc1ccc(Br)cc1F)c1nc(C2CC2)no1. The number of carbonyl (C=O) groups excluding carboxylic acids is 1. The number of nitrogens with one attached hydrogen (secondary N) is 1. The van der Waals surface area contributed by atoms with Crippen LogP contribution in [0.5, 0.6) is 5.75 Å². The fourth-order valence-electron chi connectivity index (χ4n) is 2.35. The van der Waals surface area contributed by atoms with Crippen molar-refractivity contribution in [3.05, 3.63) is 40.2 Å². The van der Waals surface area contributed by atoms with Crippen LogP contribution < -0.4 is 10.1 Å². The Morgan fingerprint density at radius 3 is 2.88 bits per heavy atom. The first-order valence-electron chi connectivity index (χ1n) is 8.14. The van der Waals surface area contributed by atoms with E-state index in [2.05, 4.69) is 31.4 Å². The number of ether oxygens (including phenoxy) is 1. The molecular formula is C17H19BrFN3O3. The summed E-state index contributed by atoms with van der Waals surface area (Å²) in [4.78, 5) is 16.6. The predicted octanol–water partition coefficient (Wildman–Crippen LogP) is 3.74. The van der Waals surface area contributed by atoms with Crippen LogP contribution in [0.25, 0.3) is 0 Å². The third-order valence-corrected chi connectivity index (χ3v) is 4.40. The van der Waals surface area contributed by atoms with Gasteiger partial charge in [-0.15, -0.1) is 0 Å². The highest BCUT2D eigenvalue weighted by atomic mass is 79.9. The number of halogens is 2. The molecule has 0 bridgehead atoms. The predicted molar refractivity (Wildman–Crippen MR) is 91.6 cm³/mol. The lowest BCUT2D eigenvalue weighted by Crippen LogP contribution is -2.35. The summed E-state index contributed by atoms with van der Waals surface area (Å²) in [6, 6.07) is 3.98. The average molecular weight is 412 g/mol. The third kappa shape index (κ3) is 4.56. The van der Waals surface area contributed by atoms with E-state index < -0.39 is 11.9 Å². The average Bonchev–Trinajstić information content (AvgIpc) is 3.29. The molecule has 134 valence electrons. The molecule has 1 heterocycles. The van der Waals surface area contributed by atoms with Gasteiger partial charge < -0.3 is 14.6 Å². The van der Waals surface area contributed by atoms with Crippen molar-refractivity contribution in [3.8, 4) is 5.75 Å². The van der Waals surface area contributed by atoms with Crippen molar-refractivity contribution in [2.75, 3.05) is 6.61 Å². The minimum Gasteiger partial charge on any atom is -0.481 e. The maximum Gasteiger partial charge on any atom is 0.258 e. The van der Waals surface area contributed by atoms with Crippen molar-refractivity contribution in [2.24, 2.45) is 5.92 Å². The van der Waals surface area contributed by atoms with E-state index in [1.54, 1.807) is 6.07 Å². The minimum absolute atomic E-state index is 0.0215. The standard InChI is InChI=1S/C17H19BrFN3O3/c1-9(2)15(17-21-16(22-25-17)10-3-4-10)20-14(23)8-24-13-6-5-11(18)7-12(13)19/h5-7,9-10,15H,3-4,8H2,1-2H3,(H,20,23). The van der Waals surface area contributed by atoms with E-state index in [1.807, 2.05) is 13.8 Å². The Bertz CT molecular complexity index is 761. The number of hydrogen-bond acceptors (Lipinski definition) is 5. The lowest BCUT2D eigenvalue weighted by Gasteiger charge is -2.18. The van der Waals surface area contributed by atoms with Crippen LogP contribution in [0.4, 0.5) is 4.39 Å². The van der Waals surface area contributed by atoms with E-state index in [0.717, 1.165) is 12.8 Å². The van der Waals surface area contributed by atoms with Crippen LogP contribution in [0, 0.1) is 11.7 Å². The first-order valence-corrected chi connectivity index (χ1v) is 8.94. The van der Waals surface area contributed by atoms with Crippen LogP contribution in [-0.2, 0) is 4.79 Å². The Balaban J connectivity index is 1.60. The first kappa shape index (κ1) is 17.8. The molecule has 1 aliphatic carbocycles. The van der Waals surface area contributed by atoms with Crippen LogP contribution >= 0.6 is 15.9 Å². The van der Waals surface area contributed by atoms with Crippen LogP contribution in [0.1, 0.15) is 50.4 Å². The number of rotatable bonds is 7. The molecule has 0 spiro atoms. The van der Waals surface area contributed by atoms with Gasteiger partial charge in [0.1, 0.15) is 6.04 Å². The Hall–Kier alpha value is -1.96. The highest BCUT2D eigenvalue weighted by Crippen LogP contribution is 2.38. The van der Waals surface area contributed by atoms with Gasteiger partial charge in [0.15, 0.2) is 24.0 Å². The van der Waals surface area contributed by atoms with Gasteiger partial charge in [0, 0.05) is 10.4 Å². The maximum atomic E-state index is 13.7. The molecule has 1 N–H and O–H groups in total. The first-order chi connectivity index (χ1) is 11.9. The summed E-state index contributed by atoms with van der Waals surface area (Å²) in [5, 5.41) is 6.79. The lowest BCUT2D eigenvalue weighted by atomic mass is 10.0. The smallest absolute Gasteiger partial charge is 0.258 e. The number of aromatic nitrogens is 2. The van der Waals surface area contributed by atoms with Crippen LogP contribution in [0.3, 0.4) is 0 Å². The molecule has 2 aromatic rings. The van der Waals surface area contributed by atoms with Crippen molar-refractivity contribution < 1.29 is 18.4 Å². The normalized spacial score (nSPS) is 15.2. The van der Waals surface area contributed by atoms with Crippen molar-refractivity contribution >= 4 is 21.8 Å². The molecule has 1 fully saturated rings. The second-order valence-corrected chi connectivity index (χ2v) is 7.33. The molecule has 0 radical (unpaired) electrons. The van der Waals surface area contributed by atoms with Crippen molar-refractivity contribution in [1.82, 2.24) is 15.5 Å². The quantitative estimate of drug-likeness (QED) is 0.750. The molecule has 6 nitrogen and oxygen atoms in total. The molecule has 1 saturated carbocycles. The van der Waals surface area contributed by atoms with Crippen LogP contribution in [0.2, 0.25) is 0 Å². The van der Waals surface area contributed by atoms with Gasteiger partial charge in [-0.05, 0) is 37.0 Å². The highest BCUT2D eigenvalue weighted by Gasteiger charge is 2.31. The third-order valence-electron chi connectivity index (χ3n) is 3.90. The Kier molecular flexibility index (Phi) is 5.36. The number of hydrogen-bond donors (Lipinski definition) is 1. The Morgan fingerprint density at radius 2 is 2.24 bits per heavy atom. The van der Waals surface area contributed by atoms with Crippen LogP contribution in [-0.4, -0.2) is 22.7 Å². The van der Waals surface area contributed by atoms with Crippen molar-refractivity contribution in [1.29, 1.82) is 0 Å². The number of carbonyl (C=O) groups is 1. The van der Waals surface area contributed by atoms with Gasteiger partial charge in [0.05, 0.1) is 0 Å². The van der Waals surface area contributed by atoms with Gasteiger partial charge in [-0.3, -0.25) is 4.79 Å². The number of amides is 1. The van der Waals surface area contributed by atoms with Gasteiger partial charge in [0.25, 0.3) is 5.91 Å². The molecule has 1 aromatic carbocycles. The summed E-state index contributed by atoms with van der Waals surface area (Å²) in [7, 11) is 0. The van der Waals surface area contributed by atoms with Gasteiger partial charge in [-0.1, -0.05) is 34.9 Å². The van der Waals surface area contributed by atoms with Crippen molar-refractivity contribution in [2.45, 2.75) is 38.6 Å². The lowest BCUT2D eigenvalue weighted by molar-refractivity contribution is -0.124. The second kappa shape index (κ2) is 7.51. The van der Waals surface area contributed by atoms with Crippen LogP contribution in [0.15, 0.2) is 27.2 Å². The number of benzene rings is 1. The van der Waals surface area contributed by atoms with E-state index in [9.17, 15) is 9.18 Å². The molecular weight excluding hydrogens is 393 g/mol. The van der Waals surface area contributed by atoms with Crippen molar-refractivity contribution in [3.63, 3.8) is 0 Å². The summed E-state index contributed by atoms with van der Waals surface area (Å²) in [5.74, 6) is 0.628. The Labute approximate surface area is 153 Å². The van der Waals surface area contributed by atoms with E-state index in [-0.39, 0.29) is 24.2 Å². The second-order valence-electron chi connectivity index (χ2n) is 6.42. The fourth-order valence-corrected chi connectivity index (χ4v) is 2.68. The van der Waals surface area contributed by atoms with E-state index in [1.165, 1.54) is 12.1 Å². The van der Waals surface area contributed by atoms with Gasteiger partial charge in [0.2, 0.25) is 5.89 Å². The molecule has 8 heteroatoms. The molecule has 3 rings (SSSR count). The fraction of sp³-hybridized carbons (Fsp3) is 0.471. The molecule has 1 aromatic heterocycles. The molecule has 0 aliphatic heterocycles. The Morgan fingerprint density at radius 1 is 1.48 bits per heavy atom. The van der Waals surface area contributed by atoms with E-state index >= 15 is 0 Å². The molecule has 1 atom stereocenters. The number of nitrogens with zero attached hydrogens (tertiary/aromatic N) is 2. The summed E-state index contributed by atoms with van der Waals surface area (Å²) in [5.41, 5.74) is 0. The van der Waals surface area contributed by atoms with E-state index in [4.69, 9.17) is 9.26 Å². The van der Waals surface area contributed by atoms with E-state index in [0.29, 0.717) is 22.1 Å². The highest BCUT2D eigenvalue weighted by molar-refractivity contribution is 9.10. The zero-order chi connectivity index (χ0) is 18.0. The summed E-state index contributed by atoms with van der Waals surface area (Å²) >= 11 is 3.17. The summed E-state index contributed by atoms with van der Waals surface area (Å²) in [6.07, 6.45) is 2.15. The van der Waals surface area contributed by atoms with Gasteiger partial charge in [-0.25, -0.2) is 4.39 Å². The topological polar surface area (TPSA) is 77.2 Å².